The van der Waals surface area contributed by atoms with Crippen molar-refractivity contribution in [2.75, 3.05) is 0 Å². The molecule has 2 rings (SSSR count). The average molecular weight is 219 g/mol. The molecule has 0 saturated carbocycles. The summed E-state index contributed by atoms with van der Waals surface area (Å²) >= 11 is 0. The third kappa shape index (κ3) is 1.73. The van der Waals surface area contributed by atoms with Crippen LogP contribution in [0.3, 0.4) is 0 Å². The lowest BCUT2D eigenvalue weighted by Crippen LogP contribution is -1.98. The van der Waals surface area contributed by atoms with Crippen LogP contribution in [0.4, 0.5) is 4.39 Å². The standard InChI is InChI=1S/C13H14FNO/c1-3-8(2)12-11(16)7-9-5-4-6-10(14)13(9)15-12/h4-8,16H,3H2,1-2H3. The second-order valence-corrected chi connectivity index (χ2v) is 4.01. The van der Waals surface area contributed by atoms with E-state index in [-0.39, 0.29) is 17.5 Å². The van der Waals surface area contributed by atoms with E-state index >= 15 is 0 Å². The molecule has 1 heterocycles. The number of rotatable bonds is 2. The van der Waals surface area contributed by atoms with Crippen molar-refractivity contribution in [2.24, 2.45) is 0 Å². The molecule has 0 aliphatic rings. The van der Waals surface area contributed by atoms with Gasteiger partial charge in [0, 0.05) is 11.3 Å². The van der Waals surface area contributed by atoms with Gasteiger partial charge in [0.1, 0.15) is 17.1 Å². The second kappa shape index (κ2) is 4.08. The van der Waals surface area contributed by atoms with Crippen LogP contribution in [0, 0.1) is 5.82 Å². The molecule has 0 fully saturated rings. The monoisotopic (exact) mass is 219 g/mol. The van der Waals surface area contributed by atoms with E-state index in [9.17, 15) is 9.50 Å². The van der Waals surface area contributed by atoms with Crippen LogP contribution < -0.4 is 0 Å². The number of fused-ring (bicyclic) bond motifs is 1. The van der Waals surface area contributed by atoms with Gasteiger partial charge < -0.3 is 5.11 Å². The van der Waals surface area contributed by atoms with Gasteiger partial charge in [-0.25, -0.2) is 9.37 Å². The predicted molar refractivity (Wildman–Crippen MR) is 62.1 cm³/mol. The number of halogens is 1. The lowest BCUT2D eigenvalue weighted by molar-refractivity contribution is 0.457. The summed E-state index contributed by atoms with van der Waals surface area (Å²) in [5.74, 6) is -0.0708. The number of aromatic nitrogens is 1. The van der Waals surface area contributed by atoms with Crippen LogP contribution >= 0.6 is 0 Å². The third-order valence-electron chi connectivity index (χ3n) is 2.88. The van der Waals surface area contributed by atoms with Crippen LogP contribution in [-0.2, 0) is 0 Å². The van der Waals surface area contributed by atoms with Crippen molar-refractivity contribution >= 4 is 10.9 Å². The van der Waals surface area contributed by atoms with Gasteiger partial charge in [0.2, 0.25) is 0 Å². The molecule has 0 aliphatic heterocycles. The minimum Gasteiger partial charge on any atom is -0.506 e. The smallest absolute Gasteiger partial charge is 0.149 e. The predicted octanol–water partition coefficient (Wildman–Crippen LogP) is 3.59. The van der Waals surface area contributed by atoms with Crippen LogP contribution in [0.25, 0.3) is 10.9 Å². The summed E-state index contributed by atoms with van der Waals surface area (Å²) in [6, 6.07) is 6.31. The molecule has 3 heteroatoms. The number of benzene rings is 1. The summed E-state index contributed by atoms with van der Waals surface area (Å²) in [5, 5.41) is 10.4. The highest BCUT2D eigenvalue weighted by Gasteiger charge is 2.13. The fourth-order valence-corrected chi connectivity index (χ4v) is 1.72. The summed E-state index contributed by atoms with van der Waals surface area (Å²) in [6.45, 7) is 3.98. The Bertz CT molecular complexity index is 525. The quantitative estimate of drug-likeness (QED) is 0.837. The van der Waals surface area contributed by atoms with Gasteiger partial charge in [-0.3, -0.25) is 0 Å². The number of pyridine rings is 1. The van der Waals surface area contributed by atoms with E-state index < -0.39 is 0 Å². The Balaban J connectivity index is 2.69. The van der Waals surface area contributed by atoms with E-state index in [4.69, 9.17) is 0 Å². The van der Waals surface area contributed by atoms with Gasteiger partial charge in [0.25, 0.3) is 0 Å². The Morgan fingerprint density at radius 3 is 2.88 bits per heavy atom. The number of aromatic hydroxyl groups is 1. The van der Waals surface area contributed by atoms with E-state index in [1.54, 1.807) is 18.2 Å². The molecule has 84 valence electrons. The Hall–Kier alpha value is -1.64. The highest BCUT2D eigenvalue weighted by atomic mass is 19.1. The maximum absolute atomic E-state index is 13.5. The van der Waals surface area contributed by atoms with Crippen molar-refractivity contribution in [1.82, 2.24) is 4.98 Å². The van der Waals surface area contributed by atoms with Gasteiger partial charge in [-0.2, -0.15) is 0 Å². The Labute approximate surface area is 93.8 Å². The van der Waals surface area contributed by atoms with Gasteiger partial charge in [0.05, 0.1) is 5.69 Å². The summed E-state index contributed by atoms with van der Waals surface area (Å²) < 4.78 is 13.5. The van der Waals surface area contributed by atoms with Crippen LogP contribution in [0.2, 0.25) is 0 Å². The topological polar surface area (TPSA) is 33.1 Å². The highest BCUT2D eigenvalue weighted by molar-refractivity contribution is 5.80. The van der Waals surface area contributed by atoms with Crippen molar-refractivity contribution in [3.63, 3.8) is 0 Å². The lowest BCUT2D eigenvalue weighted by atomic mass is 10.0. The zero-order valence-corrected chi connectivity index (χ0v) is 9.37. The molecule has 1 aromatic carbocycles. The van der Waals surface area contributed by atoms with Gasteiger partial charge >= 0.3 is 0 Å². The number of hydrogen-bond donors (Lipinski definition) is 1. The average Bonchev–Trinajstić information content (AvgIpc) is 2.28. The summed E-state index contributed by atoms with van der Waals surface area (Å²) in [4.78, 5) is 4.22. The summed E-state index contributed by atoms with van der Waals surface area (Å²) in [5.41, 5.74) is 0.899. The molecule has 16 heavy (non-hydrogen) atoms. The first kappa shape index (κ1) is 10.9. The molecular formula is C13H14FNO. The number of nitrogens with zero attached hydrogens (tertiary/aromatic N) is 1. The molecule has 1 atom stereocenters. The normalized spacial score (nSPS) is 12.9. The van der Waals surface area contributed by atoms with Crippen molar-refractivity contribution in [1.29, 1.82) is 0 Å². The Kier molecular flexibility index (Phi) is 2.77. The van der Waals surface area contributed by atoms with E-state index in [0.29, 0.717) is 16.6 Å². The molecule has 2 nitrogen and oxygen atoms in total. The largest absolute Gasteiger partial charge is 0.506 e. The zero-order valence-electron chi connectivity index (χ0n) is 9.37. The van der Waals surface area contributed by atoms with Gasteiger partial charge in [-0.15, -0.1) is 0 Å². The summed E-state index contributed by atoms with van der Waals surface area (Å²) in [6.07, 6.45) is 0.862. The lowest BCUT2D eigenvalue weighted by Gasteiger charge is -2.11. The Morgan fingerprint density at radius 1 is 1.44 bits per heavy atom. The van der Waals surface area contributed by atoms with Crippen molar-refractivity contribution in [2.45, 2.75) is 26.2 Å². The first-order valence-electron chi connectivity index (χ1n) is 5.41. The van der Waals surface area contributed by atoms with Crippen molar-refractivity contribution in [3.05, 3.63) is 35.8 Å². The minimum atomic E-state index is -0.345. The van der Waals surface area contributed by atoms with Crippen molar-refractivity contribution < 1.29 is 9.50 Å². The third-order valence-corrected chi connectivity index (χ3v) is 2.88. The van der Waals surface area contributed by atoms with E-state index in [0.717, 1.165) is 6.42 Å². The molecule has 1 N–H and O–H groups in total. The first-order valence-corrected chi connectivity index (χ1v) is 5.41. The second-order valence-electron chi connectivity index (χ2n) is 4.01. The molecule has 1 aromatic heterocycles. The molecule has 1 unspecified atom stereocenters. The van der Waals surface area contributed by atoms with Crippen LogP contribution in [0.15, 0.2) is 24.3 Å². The van der Waals surface area contributed by atoms with Crippen molar-refractivity contribution in [3.8, 4) is 5.75 Å². The molecule has 0 spiro atoms. The number of para-hydroxylation sites is 1. The maximum Gasteiger partial charge on any atom is 0.149 e. The maximum atomic E-state index is 13.5. The van der Waals surface area contributed by atoms with E-state index in [2.05, 4.69) is 4.98 Å². The van der Waals surface area contributed by atoms with Gasteiger partial charge in [-0.1, -0.05) is 26.0 Å². The molecule has 0 radical (unpaired) electrons. The molecular weight excluding hydrogens is 205 g/mol. The highest BCUT2D eigenvalue weighted by Crippen LogP contribution is 2.29. The number of hydrogen-bond acceptors (Lipinski definition) is 2. The van der Waals surface area contributed by atoms with Gasteiger partial charge in [0.15, 0.2) is 0 Å². The first-order chi connectivity index (χ1) is 7.63. The zero-order chi connectivity index (χ0) is 11.7. The molecule has 0 amide bonds. The molecule has 0 aliphatic carbocycles. The molecule has 0 saturated heterocycles. The minimum absolute atomic E-state index is 0.129. The van der Waals surface area contributed by atoms with Gasteiger partial charge in [-0.05, 0) is 18.6 Å². The fraction of sp³-hybridized carbons (Fsp3) is 0.308. The summed E-state index contributed by atoms with van der Waals surface area (Å²) in [7, 11) is 0. The molecule has 0 bridgehead atoms. The van der Waals surface area contributed by atoms with Crippen LogP contribution in [0.5, 0.6) is 5.75 Å². The Morgan fingerprint density at radius 2 is 2.19 bits per heavy atom. The van der Waals surface area contributed by atoms with E-state index in [1.165, 1.54) is 6.07 Å². The van der Waals surface area contributed by atoms with Crippen LogP contribution in [0.1, 0.15) is 31.9 Å². The fourth-order valence-electron chi connectivity index (χ4n) is 1.72. The van der Waals surface area contributed by atoms with Crippen LogP contribution in [-0.4, -0.2) is 10.1 Å². The SMILES string of the molecule is CCC(C)c1nc2c(F)cccc2cc1O. The molecule has 2 aromatic rings. The van der Waals surface area contributed by atoms with E-state index in [1.807, 2.05) is 13.8 Å².